The largest absolute Gasteiger partial charge is 0.495 e. The summed E-state index contributed by atoms with van der Waals surface area (Å²) in [6, 6.07) is 17.5. The van der Waals surface area contributed by atoms with E-state index in [0.717, 1.165) is 16.9 Å². The summed E-state index contributed by atoms with van der Waals surface area (Å²) >= 11 is 7.82. The van der Waals surface area contributed by atoms with Gasteiger partial charge in [-0.05, 0) is 36.6 Å². The van der Waals surface area contributed by atoms with E-state index in [2.05, 4.69) is 23.3 Å². The molecule has 3 aromatic rings. The molecule has 0 N–H and O–H groups in total. The highest BCUT2D eigenvalue weighted by Gasteiger charge is 2.13. The third-order valence-electron chi connectivity index (χ3n) is 3.61. The smallest absolute Gasteiger partial charge is 0.152 e. The quantitative estimate of drug-likeness (QED) is 0.631. The zero-order valence-corrected chi connectivity index (χ0v) is 14.7. The van der Waals surface area contributed by atoms with Crippen molar-refractivity contribution in [3.05, 3.63) is 59.2 Å². The van der Waals surface area contributed by atoms with E-state index in [-0.39, 0.29) is 0 Å². The molecule has 0 atom stereocenters. The molecule has 0 aliphatic carbocycles. The van der Waals surface area contributed by atoms with Gasteiger partial charge < -0.3 is 4.74 Å². The van der Waals surface area contributed by atoms with Gasteiger partial charge in [0, 0.05) is 16.5 Å². The Bertz CT molecular complexity index is 913. The normalized spacial score (nSPS) is 10.4. The molecule has 24 heavy (non-hydrogen) atoms. The number of halogens is 1. The van der Waals surface area contributed by atoms with E-state index < -0.39 is 0 Å². The fourth-order valence-electron chi connectivity index (χ4n) is 2.43. The lowest BCUT2D eigenvalue weighted by Crippen LogP contribution is -2.00. The van der Waals surface area contributed by atoms with E-state index in [1.807, 2.05) is 30.5 Å². The number of aromatic nitrogens is 2. The Morgan fingerprint density at radius 2 is 1.92 bits per heavy atom. The van der Waals surface area contributed by atoms with Crippen molar-refractivity contribution in [2.45, 2.75) is 4.90 Å². The first kappa shape index (κ1) is 16.4. The minimum absolute atomic E-state index is 0.397. The summed E-state index contributed by atoms with van der Waals surface area (Å²) in [4.78, 5) is 1.19. The summed E-state index contributed by atoms with van der Waals surface area (Å²) in [5.41, 5.74) is 3.07. The average Bonchev–Trinajstić information content (AvgIpc) is 3.03. The molecule has 0 saturated heterocycles. The molecule has 0 saturated carbocycles. The van der Waals surface area contributed by atoms with Crippen molar-refractivity contribution in [1.29, 1.82) is 5.26 Å². The maximum Gasteiger partial charge on any atom is 0.152 e. The van der Waals surface area contributed by atoms with E-state index in [0.29, 0.717) is 16.5 Å². The number of thioether (sulfide) groups is 1. The zero-order chi connectivity index (χ0) is 17.1. The van der Waals surface area contributed by atoms with Crippen LogP contribution in [0.5, 0.6) is 5.75 Å². The van der Waals surface area contributed by atoms with Crippen molar-refractivity contribution in [3.63, 3.8) is 0 Å². The van der Waals surface area contributed by atoms with Crippen LogP contribution >= 0.6 is 23.4 Å². The Labute approximate surface area is 149 Å². The topological polar surface area (TPSA) is 50.8 Å². The predicted octanol–water partition coefficient (Wildman–Crippen LogP) is 4.79. The summed E-state index contributed by atoms with van der Waals surface area (Å²) in [6.45, 7) is 0. The van der Waals surface area contributed by atoms with Gasteiger partial charge in [-0.2, -0.15) is 10.4 Å². The van der Waals surface area contributed by atoms with Gasteiger partial charge in [-0.3, -0.25) is 0 Å². The van der Waals surface area contributed by atoms with E-state index in [9.17, 15) is 5.26 Å². The molecular weight excluding hydrogens is 342 g/mol. The van der Waals surface area contributed by atoms with Crippen LogP contribution in [0.1, 0.15) is 5.56 Å². The van der Waals surface area contributed by atoms with Crippen molar-refractivity contribution in [2.24, 2.45) is 0 Å². The van der Waals surface area contributed by atoms with Gasteiger partial charge in [0.2, 0.25) is 0 Å². The van der Waals surface area contributed by atoms with E-state index >= 15 is 0 Å². The Balaban J connectivity index is 2.11. The van der Waals surface area contributed by atoms with E-state index in [4.69, 9.17) is 16.3 Å². The molecular formula is C18H14ClN3OS. The highest BCUT2D eigenvalue weighted by atomic mass is 35.5. The van der Waals surface area contributed by atoms with Crippen LogP contribution in [0.4, 0.5) is 0 Å². The summed E-state index contributed by atoms with van der Waals surface area (Å²) < 4.78 is 6.92. The number of nitrogens with zero attached hydrogens (tertiary/aromatic N) is 3. The zero-order valence-electron chi connectivity index (χ0n) is 13.2. The SMILES string of the molecule is COc1ccc(-n2nc(Cl)cc2-c2ccc(SC)cc2)cc1C#N. The Morgan fingerprint density at radius 3 is 2.54 bits per heavy atom. The number of nitriles is 1. The molecule has 1 aromatic heterocycles. The van der Waals surface area contributed by atoms with Crippen LogP contribution in [0.3, 0.4) is 0 Å². The number of ether oxygens (including phenoxy) is 1. The van der Waals surface area contributed by atoms with Gasteiger partial charge in [-0.15, -0.1) is 11.8 Å². The molecule has 1 heterocycles. The summed E-state index contributed by atoms with van der Waals surface area (Å²) in [5.74, 6) is 0.533. The Hall–Kier alpha value is -2.42. The Morgan fingerprint density at radius 1 is 1.17 bits per heavy atom. The molecule has 0 spiro atoms. The highest BCUT2D eigenvalue weighted by molar-refractivity contribution is 7.98. The highest BCUT2D eigenvalue weighted by Crippen LogP contribution is 2.29. The van der Waals surface area contributed by atoms with Crippen molar-refractivity contribution in [2.75, 3.05) is 13.4 Å². The predicted molar refractivity (Wildman–Crippen MR) is 97.1 cm³/mol. The summed E-state index contributed by atoms with van der Waals surface area (Å²) in [5, 5.41) is 14.0. The van der Waals surface area contributed by atoms with E-state index in [1.165, 1.54) is 4.90 Å². The number of hydrogen-bond donors (Lipinski definition) is 0. The second-order valence-electron chi connectivity index (χ2n) is 4.99. The van der Waals surface area contributed by atoms with Crippen LogP contribution in [0.2, 0.25) is 5.15 Å². The molecule has 3 rings (SSSR count). The van der Waals surface area contributed by atoms with Crippen LogP contribution in [0, 0.1) is 11.3 Å². The fourth-order valence-corrected chi connectivity index (χ4v) is 3.02. The van der Waals surface area contributed by atoms with Gasteiger partial charge in [0.05, 0.1) is 24.1 Å². The van der Waals surface area contributed by atoms with Gasteiger partial charge >= 0.3 is 0 Å². The monoisotopic (exact) mass is 355 g/mol. The molecule has 4 nitrogen and oxygen atoms in total. The maximum atomic E-state index is 9.28. The molecule has 0 unspecified atom stereocenters. The molecule has 0 amide bonds. The van der Waals surface area contributed by atoms with Crippen molar-refractivity contribution in [1.82, 2.24) is 9.78 Å². The molecule has 120 valence electrons. The third kappa shape index (κ3) is 3.12. The second-order valence-corrected chi connectivity index (χ2v) is 6.26. The van der Waals surface area contributed by atoms with Crippen molar-refractivity contribution >= 4 is 23.4 Å². The molecule has 0 fully saturated rings. The molecule has 0 bridgehead atoms. The number of rotatable bonds is 4. The van der Waals surface area contributed by atoms with Gasteiger partial charge in [0.15, 0.2) is 5.15 Å². The first-order valence-electron chi connectivity index (χ1n) is 7.14. The minimum Gasteiger partial charge on any atom is -0.495 e. The number of hydrogen-bond acceptors (Lipinski definition) is 4. The summed E-state index contributed by atoms with van der Waals surface area (Å²) in [7, 11) is 1.54. The first-order chi connectivity index (χ1) is 11.7. The van der Waals surface area contributed by atoms with Crippen LogP contribution < -0.4 is 4.74 Å². The van der Waals surface area contributed by atoms with Crippen LogP contribution in [-0.2, 0) is 0 Å². The molecule has 0 radical (unpaired) electrons. The third-order valence-corrected chi connectivity index (χ3v) is 4.54. The van der Waals surface area contributed by atoms with Gasteiger partial charge in [0.25, 0.3) is 0 Å². The Kier molecular flexibility index (Phi) is 4.79. The van der Waals surface area contributed by atoms with Crippen LogP contribution in [0.25, 0.3) is 16.9 Å². The first-order valence-corrected chi connectivity index (χ1v) is 8.75. The second kappa shape index (κ2) is 7.00. The lowest BCUT2D eigenvalue weighted by molar-refractivity contribution is 0.413. The van der Waals surface area contributed by atoms with Crippen LogP contribution in [-0.4, -0.2) is 23.1 Å². The molecule has 6 heteroatoms. The van der Waals surface area contributed by atoms with Crippen LogP contribution in [0.15, 0.2) is 53.4 Å². The van der Waals surface area contributed by atoms with Crippen molar-refractivity contribution < 1.29 is 4.74 Å². The van der Waals surface area contributed by atoms with Gasteiger partial charge in [-0.25, -0.2) is 4.68 Å². The molecule has 2 aromatic carbocycles. The molecule has 0 aliphatic rings. The lowest BCUT2D eigenvalue weighted by atomic mass is 10.1. The maximum absolute atomic E-state index is 9.28. The molecule has 0 aliphatic heterocycles. The number of methoxy groups -OCH3 is 1. The van der Waals surface area contributed by atoms with Gasteiger partial charge in [-0.1, -0.05) is 23.7 Å². The van der Waals surface area contributed by atoms with Gasteiger partial charge in [0.1, 0.15) is 11.8 Å². The van der Waals surface area contributed by atoms with Crippen molar-refractivity contribution in [3.8, 4) is 28.8 Å². The minimum atomic E-state index is 0.397. The summed E-state index contributed by atoms with van der Waals surface area (Å²) in [6.07, 6.45) is 2.04. The fraction of sp³-hybridized carbons (Fsp3) is 0.111. The number of benzene rings is 2. The average molecular weight is 356 g/mol. The lowest BCUT2D eigenvalue weighted by Gasteiger charge is -2.10. The standard InChI is InChI=1S/C18H14ClN3OS/c1-23-17-8-5-14(9-13(17)11-20)22-16(10-18(19)21-22)12-3-6-15(24-2)7-4-12/h3-10H,1-2H3. The van der Waals surface area contributed by atoms with E-state index in [1.54, 1.807) is 35.7 Å².